The van der Waals surface area contributed by atoms with Crippen molar-refractivity contribution < 1.29 is 9.90 Å². The molecule has 1 aromatic heterocycles. The van der Waals surface area contributed by atoms with Crippen molar-refractivity contribution in [1.82, 2.24) is 20.1 Å². The lowest BCUT2D eigenvalue weighted by Gasteiger charge is -2.19. The third-order valence-electron chi connectivity index (χ3n) is 2.44. The van der Waals surface area contributed by atoms with Crippen molar-refractivity contribution in [3.63, 3.8) is 0 Å². The van der Waals surface area contributed by atoms with E-state index in [0.29, 0.717) is 5.95 Å². The Hall–Kier alpha value is -1.63. The predicted octanol–water partition coefficient (Wildman–Crippen LogP) is -0.0465. The first kappa shape index (κ1) is 12.4. The van der Waals surface area contributed by atoms with Gasteiger partial charge < -0.3 is 10.4 Å². The van der Waals surface area contributed by atoms with Crippen molar-refractivity contribution in [1.29, 1.82) is 0 Å². The topological polar surface area (TPSA) is 92.1 Å². The van der Waals surface area contributed by atoms with Gasteiger partial charge in [0, 0.05) is 19.7 Å². The summed E-state index contributed by atoms with van der Waals surface area (Å²) in [4.78, 5) is 15.4. The molecule has 3 N–H and O–H groups in total. The van der Waals surface area contributed by atoms with Gasteiger partial charge in [-0.2, -0.15) is 10.1 Å². The molecule has 0 aliphatic heterocycles. The van der Waals surface area contributed by atoms with Crippen LogP contribution in [0.25, 0.3) is 0 Å². The summed E-state index contributed by atoms with van der Waals surface area (Å²) < 4.78 is 1.46. The molecule has 0 aromatic carbocycles. The predicted molar refractivity (Wildman–Crippen MR) is 58.9 cm³/mol. The number of carbonyl (C=O) groups is 1. The molecular formula is C9H17N5O2. The minimum absolute atomic E-state index is 0.00486. The maximum Gasteiger partial charge on any atom is 0.321 e. The van der Waals surface area contributed by atoms with Crippen molar-refractivity contribution in [3.8, 4) is 0 Å². The van der Waals surface area contributed by atoms with Crippen LogP contribution in [0.3, 0.4) is 0 Å². The fourth-order valence-electron chi connectivity index (χ4n) is 1.05. The number of anilines is 1. The molecule has 90 valence electrons. The molecule has 7 nitrogen and oxygen atoms in total. The highest BCUT2D eigenvalue weighted by Crippen LogP contribution is 2.02. The smallest absolute Gasteiger partial charge is 0.321 e. The van der Waals surface area contributed by atoms with Crippen LogP contribution in [0, 0.1) is 5.92 Å². The monoisotopic (exact) mass is 227 g/mol. The molecule has 0 aliphatic carbocycles. The van der Waals surface area contributed by atoms with E-state index in [0.717, 1.165) is 0 Å². The van der Waals surface area contributed by atoms with Crippen LogP contribution in [0.4, 0.5) is 10.7 Å². The van der Waals surface area contributed by atoms with E-state index in [4.69, 9.17) is 5.11 Å². The molecule has 7 heteroatoms. The van der Waals surface area contributed by atoms with Crippen LogP contribution in [0.5, 0.6) is 0 Å². The molecule has 0 fully saturated rings. The van der Waals surface area contributed by atoms with Crippen LogP contribution in [0.1, 0.15) is 13.8 Å². The Morgan fingerprint density at radius 3 is 2.81 bits per heavy atom. The summed E-state index contributed by atoms with van der Waals surface area (Å²) in [5.74, 6) is 0.381. The summed E-state index contributed by atoms with van der Waals surface area (Å²) in [7, 11) is 1.68. The molecule has 0 saturated carbocycles. The number of nitrogens with one attached hydrogen (secondary N) is 2. The Labute approximate surface area is 93.9 Å². The highest BCUT2D eigenvalue weighted by molar-refractivity contribution is 5.87. The van der Waals surface area contributed by atoms with E-state index in [1.54, 1.807) is 7.05 Å². The summed E-state index contributed by atoms with van der Waals surface area (Å²) in [5.41, 5.74) is 0. The standard InChI is InChI=1S/C9H17N5O2/c1-6(4-15)7(2)12-9(16)13-8-10-5-11-14(8)3/h5-7,15H,4H2,1-3H3,(H2,10,11,12,13,16). The van der Waals surface area contributed by atoms with Crippen LogP contribution in [-0.4, -0.2) is 38.6 Å². The summed E-state index contributed by atoms with van der Waals surface area (Å²) in [6.45, 7) is 3.72. The first-order valence-electron chi connectivity index (χ1n) is 5.07. The SMILES string of the molecule is CC(CO)C(C)NC(=O)Nc1ncnn1C. The Bertz CT molecular complexity index is 351. The summed E-state index contributed by atoms with van der Waals surface area (Å²) in [5, 5.41) is 18.0. The van der Waals surface area contributed by atoms with Gasteiger partial charge in [0.25, 0.3) is 0 Å². The number of hydrogen-bond acceptors (Lipinski definition) is 4. The summed E-state index contributed by atoms with van der Waals surface area (Å²) >= 11 is 0. The normalized spacial score (nSPS) is 14.2. The van der Waals surface area contributed by atoms with Crippen molar-refractivity contribution in [2.45, 2.75) is 19.9 Å². The van der Waals surface area contributed by atoms with Gasteiger partial charge in [-0.3, -0.25) is 5.32 Å². The molecule has 1 heterocycles. The molecule has 1 rings (SSSR count). The van der Waals surface area contributed by atoms with Crippen LogP contribution >= 0.6 is 0 Å². The molecule has 0 spiro atoms. The first-order chi connectivity index (χ1) is 7.54. The summed E-state index contributed by atoms with van der Waals surface area (Å²) in [6.07, 6.45) is 1.36. The van der Waals surface area contributed by atoms with E-state index in [9.17, 15) is 4.79 Å². The summed E-state index contributed by atoms with van der Waals surface area (Å²) in [6, 6.07) is -0.470. The van der Waals surface area contributed by atoms with Crippen LogP contribution in [0.2, 0.25) is 0 Å². The van der Waals surface area contributed by atoms with Gasteiger partial charge in [-0.25, -0.2) is 9.48 Å². The fraction of sp³-hybridized carbons (Fsp3) is 0.667. The second-order valence-corrected chi connectivity index (χ2v) is 3.75. The molecule has 1 aromatic rings. The van der Waals surface area contributed by atoms with E-state index < -0.39 is 0 Å². The average molecular weight is 227 g/mol. The van der Waals surface area contributed by atoms with E-state index in [-0.39, 0.29) is 24.6 Å². The number of amides is 2. The van der Waals surface area contributed by atoms with Gasteiger partial charge >= 0.3 is 6.03 Å². The maximum absolute atomic E-state index is 11.5. The van der Waals surface area contributed by atoms with Crippen molar-refractivity contribution >= 4 is 12.0 Å². The third kappa shape index (κ3) is 3.20. The quantitative estimate of drug-likeness (QED) is 0.672. The lowest BCUT2D eigenvalue weighted by molar-refractivity contribution is 0.204. The molecule has 0 saturated heterocycles. The van der Waals surface area contributed by atoms with Gasteiger partial charge in [-0.15, -0.1) is 0 Å². The molecule has 2 atom stereocenters. The van der Waals surface area contributed by atoms with Gasteiger partial charge in [0.15, 0.2) is 0 Å². The number of aliphatic hydroxyl groups excluding tert-OH is 1. The zero-order valence-electron chi connectivity index (χ0n) is 9.64. The van der Waals surface area contributed by atoms with E-state index in [1.165, 1.54) is 11.0 Å². The Kier molecular flexibility index (Phi) is 4.24. The molecule has 0 bridgehead atoms. The maximum atomic E-state index is 11.5. The van der Waals surface area contributed by atoms with Gasteiger partial charge in [0.2, 0.25) is 5.95 Å². The van der Waals surface area contributed by atoms with Crippen LogP contribution < -0.4 is 10.6 Å². The Balaban J connectivity index is 2.45. The van der Waals surface area contributed by atoms with Crippen molar-refractivity contribution in [3.05, 3.63) is 6.33 Å². The molecule has 16 heavy (non-hydrogen) atoms. The molecular weight excluding hydrogens is 210 g/mol. The van der Waals surface area contributed by atoms with E-state index in [2.05, 4.69) is 20.7 Å². The third-order valence-corrected chi connectivity index (χ3v) is 2.44. The number of urea groups is 1. The first-order valence-corrected chi connectivity index (χ1v) is 5.07. The zero-order chi connectivity index (χ0) is 12.1. The average Bonchev–Trinajstić information content (AvgIpc) is 2.63. The number of nitrogens with zero attached hydrogens (tertiary/aromatic N) is 3. The second kappa shape index (κ2) is 5.45. The second-order valence-electron chi connectivity index (χ2n) is 3.75. The largest absolute Gasteiger partial charge is 0.396 e. The van der Waals surface area contributed by atoms with Gasteiger partial charge in [-0.1, -0.05) is 6.92 Å². The Morgan fingerprint density at radius 1 is 1.62 bits per heavy atom. The zero-order valence-corrected chi connectivity index (χ0v) is 9.64. The lowest BCUT2D eigenvalue weighted by atomic mass is 10.1. The number of aromatic nitrogens is 3. The highest BCUT2D eigenvalue weighted by Gasteiger charge is 2.14. The Morgan fingerprint density at radius 2 is 2.31 bits per heavy atom. The molecule has 0 radical (unpaired) electrons. The van der Waals surface area contributed by atoms with Crippen molar-refractivity contribution in [2.75, 3.05) is 11.9 Å². The fourth-order valence-corrected chi connectivity index (χ4v) is 1.05. The number of aryl methyl sites for hydroxylation is 1. The van der Waals surface area contributed by atoms with E-state index >= 15 is 0 Å². The van der Waals surface area contributed by atoms with Gasteiger partial charge in [0.1, 0.15) is 6.33 Å². The van der Waals surface area contributed by atoms with Crippen molar-refractivity contribution in [2.24, 2.45) is 13.0 Å². The minimum atomic E-state index is -0.357. The molecule has 2 unspecified atom stereocenters. The number of hydrogen-bond donors (Lipinski definition) is 3. The minimum Gasteiger partial charge on any atom is -0.396 e. The number of carbonyl (C=O) groups excluding carboxylic acids is 1. The van der Waals surface area contributed by atoms with Gasteiger partial charge in [0.05, 0.1) is 0 Å². The van der Waals surface area contributed by atoms with Gasteiger partial charge in [-0.05, 0) is 12.8 Å². The van der Waals surface area contributed by atoms with E-state index in [1.807, 2.05) is 13.8 Å². The lowest BCUT2D eigenvalue weighted by Crippen LogP contribution is -2.41. The molecule has 0 aliphatic rings. The molecule has 2 amide bonds. The number of rotatable bonds is 4. The van der Waals surface area contributed by atoms with Crippen LogP contribution in [0.15, 0.2) is 6.33 Å². The highest BCUT2D eigenvalue weighted by atomic mass is 16.3. The number of aliphatic hydroxyl groups is 1. The van der Waals surface area contributed by atoms with Crippen LogP contribution in [-0.2, 0) is 7.05 Å².